The zero-order valence-corrected chi connectivity index (χ0v) is 29.3. The summed E-state index contributed by atoms with van der Waals surface area (Å²) >= 11 is 1.87. The van der Waals surface area contributed by atoms with Gasteiger partial charge in [-0.2, -0.15) is 0 Å². The molecular weight excluding hydrogens is 637 g/mol. The highest BCUT2D eigenvalue weighted by atomic mass is 32.1. The van der Waals surface area contributed by atoms with Crippen LogP contribution in [0.4, 0.5) is 34.1 Å². The van der Waals surface area contributed by atoms with Crippen molar-refractivity contribution in [3.63, 3.8) is 0 Å². The molecule has 0 N–H and O–H groups in total. The van der Waals surface area contributed by atoms with Crippen LogP contribution in [0.5, 0.6) is 0 Å². The second kappa shape index (κ2) is 11.7. The summed E-state index contributed by atoms with van der Waals surface area (Å²) in [6, 6.07) is 62.6. The van der Waals surface area contributed by atoms with Crippen LogP contribution in [-0.2, 0) is 0 Å². The molecule has 0 aliphatic carbocycles. The zero-order chi connectivity index (χ0) is 34.1. The Bertz CT molecular complexity index is 2870. The molecule has 0 aliphatic heterocycles. The van der Waals surface area contributed by atoms with E-state index < -0.39 is 0 Å². The molecule has 10 rings (SSSR count). The molecule has 3 heteroatoms. The topological polar surface area (TPSA) is 6.48 Å². The molecule has 242 valence electrons. The van der Waals surface area contributed by atoms with Crippen molar-refractivity contribution in [2.24, 2.45) is 0 Å². The van der Waals surface area contributed by atoms with Gasteiger partial charge in [-0.25, -0.2) is 0 Å². The van der Waals surface area contributed by atoms with E-state index in [0.717, 1.165) is 22.7 Å². The molecule has 0 fully saturated rings. The van der Waals surface area contributed by atoms with Gasteiger partial charge in [0.1, 0.15) is 0 Å². The van der Waals surface area contributed by atoms with E-state index in [0.29, 0.717) is 0 Å². The van der Waals surface area contributed by atoms with Crippen molar-refractivity contribution in [3.05, 3.63) is 181 Å². The number of fused-ring (bicyclic) bond motifs is 3. The maximum atomic E-state index is 2.44. The van der Waals surface area contributed by atoms with E-state index >= 15 is 0 Å². The second-order valence-corrected chi connectivity index (χ2v) is 14.6. The van der Waals surface area contributed by atoms with Crippen LogP contribution in [0.1, 0.15) is 11.1 Å². The third-order valence-electron chi connectivity index (χ3n) is 10.3. The van der Waals surface area contributed by atoms with E-state index in [1.54, 1.807) is 0 Å². The fraction of sp³-hybridized carbons (Fsp3) is 0.0417. The van der Waals surface area contributed by atoms with Crippen LogP contribution in [0.3, 0.4) is 0 Å². The van der Waals surface area contributed by atoms with E-state index in [2.05, 4.69) is 194 Å². The normalized spacial score (nSPS) is 11.7. The third-order valence-corrected chi connectivity index (χ3v) is 11.5. The first-order valence-corrected chi connectivity index (χ1v) is 18.3. The molecule has 0 unspecified atom stereocenters. The molecule has 0 aliphatic rings. The van der Waals surface area contributed by atoms with Crippen LogP contribution in [0.25, 0.3) is 52.5 Å². The lowest BCUT2D eigenvalue weighted by atomic mass is 9.91. The van der Waals surface area contributed by atoms with Gasteiger partial charge < -0.3 is 9.80 Å². The van der Waals surface area contributed by atoms with Crippen LogP contribution >= 0.6 is 11.3 Å². The fourth-order valence-corrected chi connectivity index (χ4v) is 8.97. The molecule has 0 bridgehead atoms. The fourth-order valence-electron chi connectivity index (χ4n) is 7.83. The zero-order valence-electron chi connectivity index (χ0n) is 28.5. The quantitative estimate of drug-likeness (QED) is 0.162. The monoisotopic (exact) mass is 670 g/mol. The molecule has 0 spiro atoms. The summed E-state index contributed by atoms with van der Waals surface area (Å²) in [5.74, 6) is 0. The number of hydrogen-bond acceptors (Lipinski definition) is 3. The number of nitrogens with zero attached hydrogens (tertiary/aromatic N) is 2. The largest absolute Gasteiger partial charge is 0.310 e. The second-order valence-electron chi connectivity index (χ2n) is 13.5. The standard InChI is InChI=1S/C48H34N2S/c1-31-12-20-36(21-13-31)49(35-8-4-3-5-9-35)43-28-18-33-17-26-42-44(29-19-34-16-25-41(43)47(33)48(34)42)50(37-22-14-32(2)15-23-37)38-24-27-40-39-10-6-7-11-45(39)51-46(40)30-38/h3-30H,1-2H3. The lowest BCUT2D eigenvalue weighted by Crippen LogP contribution is -2.11. The molecule has 9 aromatic carbocycles. The highest BCUT2D eigenvalue weighted by molar-refractivity contribution is 7.25. The van der Waals surface area contributed by atoms with E-state index in [1.807, 2.05) is 11.3 Å². The Balaban J connectivity index is 1.22. The number of aryl methyl sites for hydroxylation is 2. The maximum absolute atomic E-state index is 2.44. The first-order chi connectivity index (χ1) is 25.1. The Morgan fingerprint density at radius 1 is 0.353 bits per heavy atom. The minimum absolute atomic E-state index is 1.14. The minimum atomic E-state index is 1.14. The Morgan fingerprint density at radius 3 is 1.41 bits per heavy atom. The molecule has 2 nitrogen and oxygen atoms in total. The van der Waals surface area contributed by atoms with Gasteiger partial charge in [-0.05, 0) is 102 Å². The van der Waals surface area contributed by atoms with Crippen molar-refractivity contribution in [2.45, 2.75) is 13.8 Å². The number of hydrogen-bond donors (Lipinski definition) is 0. The van der Waals surface area contributed by atoms with Gasteiger partial charge >= 0.3 is 0 Å². The summed E-state index contributed by atoms with van der Waals surface area (Å²) in [6.45, 7) is 4.30. The molecule has 51 heavy (non-hydrogen) atoms. The van der Waals surface area contributed by atoms with Gasteiger partial charge in [0, 0.05) is 53.7 Å². The lowest BCUT2D eigenvalue weighted by molar-refractivity contribution is 1.29. The van der Waals surface area contributed by atoms with Gasteiger partial charge in [-0.15, -0.1) is 11.3 Å². The minimum Gasteiger partial charge on any atom is -0.310 e. The highest BCUT2D eigenvalue weighted by Crippen LogP contribution is 2.48. The Kier molecular flexibility index (Phi) is 6.83. The summed E-state index contributed by atoms with van der Waals surface area (Å²) in [4.78, 5) is 4.84. The Morgan fingerprint density at radius 2 is 0.804 bits per heavy atom. The molecule has 1 heterocycles. The highest BCUT2D eigenvalue weighted by Gasteiger charge is 2.22. The first kappa shape index (κ1) is 29.7. The van der Waals surface area contributed by atoms with Gasteiger partial charge in [0.05, 0.1) is 11.4 Å². The predicted octanol–water partition coefficient (Wildman–Crippen LogP) is 14.5. The lowest BCUT2D eigenvalue weighted by Gasteiger charge is -2.29. The van der Waals surface area contributed by atoms with Gasteiger partial charge in [0.2, 0.25) is 0 Å². The van der Waals surface area contributed by atoms with Gasteiger partial charge in [-0.3, -0.25) is 0 Å². The van der Waals surface area contributed by atoms with Crippen LogP contribution in [0, 0.1) is 13.8 Å². The van der Waals surface area contributed by atoms with Crippen molar-refractivity contribution < 1.29 is 0 Å². The Labute approximate surface area is 301 Å². The predicted molar refractivity (Wildman–Crippen MR) is 222 cm³/mol. The molecule has 0 radical (unpaired) electrons. The summed E-state index contributed by atoms with van der Waals surface area (Å²) < 4.78 is 2.62. The van der Waals surface area contributed by atoms with Crippen molar-refractivity contribution in [2.75, 3.05) is 9.80 Å². The Hall–Kier alpha value is -6.16. The average Bonchev–Trinajstić information content (AvgIpc) is 3.55. The van der Waals surface area contributed by atoms with Crippen molar-refractivity contribution in [1.29, 1.82) is 0 Å². The maximum Gasteiger partial charge on any atom is 0.0540 e. The molecule has 0 atom stereocenters. The molecule has 10 aromatic rings. The molecular formula is C48H34N2S. The number of thiophene rings is 1. The number of para-hydroxylation sites is 1. The smallest absolute Gasteiger partial charge is 0.0540 e. The van der Waals surface area contributed by atoms with Crippen LogP contribution < -0.4 is 9.80 Å². The molecule has 1 aromatic heterocycles. The first-order valence-electron chi connectivity index (χ1n) is 17.5. The van der Waals surface area contributed by atoms with Gasteiger partial charge in [0.25, 0.3) is 0 Å². The van der Waals surface area contributed by atoms with Crippen LogP contribution in [-0.4, -0.2) is 0 Å². The van der Waals surface area contributed by atoms with E-state index in [4.69, 9.17) is 0 Å². The van der Waals surface area contributed by atoms with Crippen molar-refractivity contribution in [1.82, 2.24) is 0 Å². The summed E-state index contributed by atoms with van der Waals surface area (Å²) in [5, 5.41) is 10.2. The summed E-state index contributed by atoms with van der Waals surface area (Å²) in [7, 11) is 0. The third kappa shape index (κ3) is 4.85. The summed E-state index contributed by atoms with van der Waals surface area (Å²) in [5.41, 5.74) is 9.42. The number of benzene rings is 9. The number of anilines is 6. The SMILES string of the molecule is Cc1ccc(N(c2ccccc2)c2ccc3ccc4c(N(c5ccc(C)cc5)c5ccc6c(c5)sc5ccccc56)ccc5ccc2c3c54)cc1. The summed E-state index contributed by atoms with van der Waals surface area (Å²) in [6.07, 6.45) is 0. The molecule has 0 amide bonds. The number of rotatable bonds is 6. The van der Waals surface area contributed by atoms with Crippen molar-refractivity contribution >= 4 is 98.0 Å². The van der Waals surface area contributed by atoms with Gasteiger partial charge in [-0.1, -0.05) is 114 Å². The van der Waals surface area contributed by atoms with Crippen molar-refractivity contribution in [3.8, 4) is 0 Å². The molecule has 0 saturated carbocycles. The van der Waals surface area contributed by atoms with E-state index in [-0.39, 0.29) is 0 Å². The van der Waals surface area contributed by atoms with Gasteiger partial charge in [0.15, 0.2) is 0 Å². The van der Waals surface area contributed by atoms with E-state index in [1.165, 1.54) is 75.0 Å². The average molecular weight is 671 g/mol. The van der Waals surface area contributed by atoms with Crippen LogP contribution in [0.2, 0.25) is 0 Å². The van der Waals surface area contributed by atoms with E-state index in [9.17, 15) is 0 Å². The molecule has 0 saturated heterocycles. The van der Waals surface area contributed by atoms with Crippen LogP contribution in [0.15, 0.2) is 170 Å².